The van der Waals surface area contributed by atoms with E-state index in [1.165, 1.54) is 4.31 Å². The summed E-state index contributed by atoms with van der Waals surface area (Å²) >= 11 is 0. The molecule has 0 fully saturated rings. The minimum Gasteiger partial charge on any atom is -0.326 e. The topological polar surface area (TPSA) is 63.4 Å². The molecular formula is C13H18N2O2S. The molecule has 1 aromatic carbocycles. The first-order chi connectivity index (χ1) is 8.57. The summed E-state index contributed by atoms with van der Waals surface area (Å²) in [5, 5.41) is 0. The van der Waals surface area contributed by atoms with Gasteiger partial charge in [-0.3, -0.25) is 0 Å². The number of nitrogens with zero attached hydrogens (tertiary/aromatic N) is 1. The Kier molecular flexibility index (Phi) is 3.85. The van der Waals surface area contributed by atoms with Gasteiger partial charge in [0.05, 0.1) is 4.90 Å². The van der Waals surface area contributed by atoms with Gasteiger partial charge in [-0.05, 0) is 30.5 Å². The van der Waals surface area contributed by atoms with Crippen LogP contribution in [0.4, 0.5) is 0 Å². The van der Waals surface area contributed by atoms with E-state index >= 15 is 0 Å². The van der Waals surface area contributed by atoms with Gasteiger partial charge in [0.15, 0.2) is 0 Å². The highest BCUT2D eigenvalue weighted by Crippen LogP contribution is 2.23. The van der Waals surface area contributed by atoms with E-state index < -0.39 is 10.0 Å². The van der Waals surface area contributed by atoms with Crippen molar-refractivity contribution in [3.8, 4) is 0 Å². The SMILES string of the molecule is Cc1c(CN)cccc1S(=O)(=O)N1CC=CCC1. The summed E-state index contributed by atoms with van der Waals surface area (Å²) in [4.78, 5) is 0.376. The van der Waals surface area contributed by atoms with Crippen LogP contribution in [-0.4, -0.2) is 25.8 Å². The van der Waals surface area contributed by atoms with Gasteiger partial charge in [0.1, 0.15) is 0 Å². The molecule has 0 atom stereocenters. The fourth-order valence-corrected chi connectivity index (χ4v) is 3.81. The quantitative estimate of drug-likeness (QED) is 0.841. The third kappa shape index (κ3) is 2.34. The van der Waals surface area contributed by atoms with E-state index in [1.54, 1.807) is 12.1 Å². The van der Waals surface area contributed by atoms with Crippen molar-refractivity contribution < 1.29 is 8.42 Å². The van der Waals surface area contributed by atoms with E-state index in [1.807, 2.05) is 25.1 Å². The van der Waals surface area contributed by atoms with Gasteiger partial charge >= 0.3 is 0 Å². The van der Waals surface area contributed by atoms with Crippen molar-refractivity contribution in [1.82, 2.24) is 4.31 Å². The second-order valence-electron chi connectivity index (χ2n) is 4.37. The van der Waals surface area contributed by atoms with Gasteiger partial charge in [0.25, 0.3) is 0 Å². The van der Waals surface area contributed by atoms with Gasteiger partial charge in [0, 0.05) is 19.6 Å². The molecule has 1 aromatic rings. The monoisotopic (exact) mass is 266 g/mol. The molecule has 2 N–H and O–H groups in total. The zero-order valence-corrected chi connectivity index (χ0v) is 11.3. The highest BCUT2D eigenvalue weighted by molar-refractivity contribution is 7.89. The maximum absolute atomic E-state index is 12.5. The van der Waals surface area contributed by atoms with Crippen LogP contribution < -0.4 is 5.73 Å². The van der Waals surface area contributed by atoms with Crippen molar-refractivity contribution in [3.05, 3.63) is 41.5 Å². The average Bonchev–Trinajstić information content (AvgIpc) is 2.40. The lowest BCUT2D eigenvalue weighted by molar-refractivity contribution is 0.437. The van der Waals surface area contributed by atoms with Crippen molar-refractivity contribution in [2.45, 2.75) is 24.8 Å². The fraction of sp³-hybridized carbons (Fsp3) is 0.385. The largest absolute Gasteiger partial charge is 0.326 e. The van der Waals surface area contributed by atoms with Crippen LogP contribution in [-0.2, 0) is 16.6 Å². The lowest BCUT2D eigenvalue weighted by Crippen LogP contribution is -2.34. The minimum absolute atomic E-state index is 0.356. The van der Waals surface area contributed by atoms with Crippen molar-refractivity contribution in [2.75, 3.05) is 13.1 Å². The number of rotatable bonds is 3. The molecule has 98 valence electrons. The molecule has 0 unspecified atom stereocenters. The molecule has 1 heterocycles. The second-order valence-corrected chi connectivity index (χ2v) is 6.27. The van der Waals surface area contributed by atoms with E-state index in [0.29, 0.717) is 24.5 Å². The van der Waals surface area contributed by atoms with Gasteiger partial charge in [-0.1, -0.05) is 24.3 Å². The number of hydrogen-bond donors (Lipinski definition) is 1. The normalized spacial score (nSPS) is 17.0. The third-order valence-corrected chi connectivity index (χ3v) is 5.26. The van der Waals surface area contributed by atoms with Crippen molar-refractivity contribution in [3.63, 3.8) is 0 Å². The Balaban J connectivity index is 2.44. The molecule has 0 amide bonds. The van der Waals surface area contributed by atoms with Gasteiger partial charge in [0.2, 0.25) is 10.0 Å². The Bertz CT molecular complexity index is 564. The van der Waals surface area contributed by atoms with Gasteiger partial charge < -0.3 is 5.73 Å². The lowest BCUT2D eigenvalue weighted by atomic mass is 10.1. The van der Waals surface area contributed by atoms with Crippen LogP contribution in [0.1, 0.15) is 17.5 Å². The number of sulfonamides is 1. The minimum atomic E-state index is -3.40. The van der Waals surface area contributed by atoms with E-state index in [-0.39, 0.29) is 0 Å². The molecule has 0 radical (unpaired) electrons. The van der Waals surface area contributed by atoms with E-state index in [0.717, 1.165) is 17.5 Å². The molecule has 0 saturated carbocycles. The Morgan fingerprint density at radius 3 is 2.72 bits per heavy atom. The maximum atomic E-state index is 12.5. The Hall–Kier alpha value is -1.17. The van der Waals surface area contributed by atoms with Crippen LogP contribution in [0.3, 0.4) is 0 Å². The summed E-state index contributed by atoms with van der Waals surface area (Å²) in [6.07, 6.45) is 4.67. The molecule has 1 aliphatic rings. The zero-order valence-electron chi connectivity index (χ0n) is 10.5. The molecule has 0 saturated heterocycles. The lowest BCUT2D eigenvalue weighted by Gasteiger charge is -2.24. The summed E-state index contributed by atoms with van der Waals surface area (Å²) < 4.78 is 26.6. The summed E-state index contributed by atoms with van der Waals surface area (Å²) in [5.74, 6) is 0. The zero-order chi connectivity index (χ0) is 13.2. The molecule has 0 aliphatic carbocycles. The molecule has 2 rings (SSSR count). The van der Waals surface area contributed by atoms with Gasteiger partial charge in [-0.2, -0.15) is 4.31 Å². The van der Waals surface area contributed by atoms with Crippen LogP contribution in [0.2, 0.25) is 0 Å². The van der Waals surface area contributed by atoms with E-state index in [9.17, 15) is 8.42 Å². The van der Waals surface area contributed by atoms with Crippen molar-refractivity contribution >= 4 is 10.0 Å². The molecular weight excluding hydrogens is 248 g/mol. The van der Waals surface area contributed by atoms with Crippen molar-refractivity contribution in [1.29, 1.82) is 0 Å². The highest BCUT2D eigenvalue weighted by atomic mass is 32.2. The molecule has 0 spiro atoms. The van der Waals surface area contributed by atoms with Crippen molar-refractivity contribution in [2.24, 2.45) is 5.73 Å². The number of nitrogens with two attached hydrogens (primary N) is 1. The number of hydrogen-bond acceptors (Lipinski definition) is 3. The highest BCUT2D eigenvalue weighted by Gasteiger charge is 2.26. The molecule has 4 nitrogen and oxygen atoms in total. The van der Waals surface area contributed by atoms with Crippen LogP contribution in [0.5, 0.6) is 0 Å². The fourth-order valence-electron chi connectivity index (χ4n) is 2.14. The van der Waals surface area contributed by atoms with Crippen LogP contribution in [0.25, 0.3) is 0 Å². The van der Waals surface area contributed by atoms with E-state index in [4.69, 9.17) is 5.73 Å². The Labute approximate surface area is 108 Å². The first-order valence-corrected chi connectivity index (χ1v) is 7.45. The average molecular weight is 266 g/mol. The summed E-state index contributed by atoms with van der Waals surface area (Å²) in [7, 11) is -3.40. The first-order valence-electron chi connectivity index (χ1n) is 6.01. The third-order valence-electron chi connectivity index (χ3n) is 3.25. The number of benzene rings is 1. The van der Waals surface area contributed by atoms with Crippen LogP contribution in [0.15, 0.2) is 35.2 Å². The Morgan fingerprint density at radius 2 is 2.11 bits per heavy atom. The van der Waals surface area contributed by atoms with Crippen LogP contribution >= 0.6 is 0 Å². The smallest absolute Gasteiger partial charge is 0.243 e. The van der Waals surface area contributed by atoms with Gasteiger partial charge in [-0.15, -0.1) is 0 Å². The maximum Gasteiger partial charge on any atom is 0.243 e. The standard InChI is InChI=1S/C13H18N2O2S/c1-11-12(10-14)6-5-7-13(11)18(16,17)15-8-3-2-4-9-15/h2-3,5-7H,4,8-10,14H2,1H3. The van der Waals surface area contributed by atoms with Gasteiger partial charge in [-0.25, -0.2) is 8.42 Å². The summed E-state index contributed by atoms with van der Waals surface area (Å²) in [5.41, 5.74) is 7.26. The molecule has 0 aromatic heterocycles. The Morgan fingerprint density at radius 1 is 1.33 bits per heavy atom. The molecule has 0 bridgehead atoms. The van der Waals surface area contributed by atoms with Crippen LogP contribution in [0, 0.1) is 6.92 Å². The molecule has 5 heteroatoms. The summed E-state index contributed by atoms with van der Waals surface area (Å²) in [6, 6.07) is 5.27. The second kappa shape index (κ2) is 5.22. The molecule has 18 heavy (non-hydrogen) atoms. The molecule has 1 aliphatic heterocycles. The van der Waals surface area contributed by atoms with E-state index in [2.05, 4.69) is 0 Å². The first kappa shape index (κ1) is 13.3. The predicted molar refractivity (Wildman–Crippen MR) is 71.6 cm³/mol. The summed E-state index contributed by atoms with van der Waals surface area (Å²) in [6.45, 7) is 3.17. The predicted octanol–water partition coefficient (Wildman–Crippen LogP) is 1.40.